The van der Waals surface area contributed by atoms with Crippen LogP contribution in [0.15, 0.2) is 29.2 Å². The summed E-state index contributed by atoms with van der Waals surface area (Å²) >= 11 is 0. The number of nitrogens with two attached hydrogens (primary N) is 1. The zero-order chi connectivity index (χ0) is 15.3. The molecule has 3 N–H and O–H groups in total. The summed E-state index contributed by atoms with van der Waals surface area (Å²) in [5, 5.41) is 2.67. The molecule has 6 nitrogen and oxygen atoms in total. The van der Waals surface area contributed by atoms with Crippen molar-refractivity contribution in [2.75, 3.05) is 18.8 Å². The van der Waals surface area contributed by atoms with E-state index in [1.165, 1.54) is 12.1 Å². The molecule has 1 rings (SSSR count). The van der Waals surface area contributed by atoms with Crippen molar-refractivity contribution < 1.29 is 13.2 Å². The number of anilines is 1. The highest BCUT2D eigenvalue weighted by atomic mass is 32.2. The van der Waals surface area contributed by atoms with Crippen molar-refractivity contribution in [3.63, 3.8) is 0 Å². The minimum absolute atomic E-state index is 0.0312. The van der Waals surface area contributed by atoms with Gasteiger partial charge in [0.2, 0.25) is 15.9 Å². The lowest BCUT2D eigenvalue weighted by Gasteiger charge is -2.21. The van der Waals surface area contributed by atoms with E-state index in [2.05, 4.69) is 5.32 Å². The monoisotopic (exact) mass is 299 g/mol. The van der Waals surface area contributed by atoms with Gasteiger partial charge in [-0.25, -0.2) is 8.42 Å². The number of benzene rings is 1. The van der Waals surface area contributed by atoms with Gasteiger partial charge in [-0.15, -0.1) is 0 Å². The first-order chi connectivity index (χ1) is 9.27. The van der Waals surface area contributed by atoms with Crippen LogP contribution in [0.25, 0.3) is 0 Å². The summed E-state index contributed by atoms with van der Waals surface area (Å²) < 4.78 is 26.0. The smallest absolute Gasteiger partial charge is 0.243 e. The zero-order valence-electron chi connectivity index (χ0n) is 12.0. The molecule has 1 aromatic rings. The maximum absolute atomic E-state index is 12.4. The number of carbonyl (C=O) groups excluding carboxylic acids is 1. The number of carbonyl (C=O) groups is 1. The molecule has 0 saturated heterocycles. The summed E-state index contributed by atoms with van der Waals surface area (Å²) in [5.41, 5.74) is 5.97. The largest absolute Gasteiger partial charge is 0.399 e. The average molecular weight is 299 g/mol. The van der Waals surface area contributed by atoms with Crippen LogP contribution in [0.3, 0.4) is 0 Å². The highest BCUT2D eigenvalue weighted by Gasteiger charge is 2.25. The van der Waals surface area contributed by atoms with E-state index in [0.29, 0.717) is 5.69 Å². The lowest BCUT2D eigenvalue weighted by Crippen LogP contribution is -2.42. The number of hydrogen-bond donors (Lipinski definition) is 2. The molecule has 0 bridgehead atoms. The van der Waals surface area contributed by atoms with Gasteiger partial charge in [-0.1, -0.05) is 13.0 Å². The lowest BCUT2D eigenvalue weighted by molar-refractivity contribution is -0.121. The summed E-state index contributed by atoms with van der Waals surface area (Å²) in [6, 6.07) is 6.01. The van der Waals surface area contributed by atoms with E-state index in [4.69, 9.17) is 5.73 Å². The molecule has 0 saturated carbocycles. The maximum Gasteiger partial charge on any atom is 0.243 e. The topological polar surface area (TPSA) is 92.5 Å². The van der Waals surface area contributed by atoms with Crippen LogP contribution in [0.2, 0.25) is 0 Å². The van der Waals surface area contributed by atoms with Crippen LogP contribution in [-0.4, -0.2) is 37.8 Å². The van der Waals surface area contributed by atoms with Gasteiger partial charge in [0, 0.05) is 18.3 Å². The first-order valence-electron chi connectivity index (χ1n) is 6.42. The molecule has 1 aromatic carbocycles. The first kappa shape index (κ1) is 16.5. The Bertz CT molecular complexity index is 570. The predicted octanol–water partition coefficient (Wildman–Crippen LogP) is 0.804. The van der Waals surface area contributed by atoms with Gasteiger partial charge >= 0.3 is 0 Å². The van der Waals surface area contributed by atoms with Crippen molar-refractivity contribution in [3.05, 3.63) is 24.3 Å². The highest BCUT2D eigenvalue weighted by molar-refractivity contribution is 7.89. The molecule has 0 unspecified atom stereocenters. The molecule has 0 atom stereocenters. The van der Waals surface area contributed by atoms with Crippen LogP contribution in [0.4, 0.5) is 5.69 Å². The van der Waals surface area contributed by atoms with Crippen molar-refractivity contribution in [2.45, 2.75) is 31.7 Å². The molecule has 0 spiro atoms. The van der Waals surface area contributed by atoms with Crippen LogP contribution >= 0.6 is 0 Å². The quantitative estimate of drug-likeness (QED) is 0.760. The van der Waals surface area contributed by atoms with Crippen molar-refractivity contribution >= 4 is 21.6 Å². The van der Waals surface area contributed by atoms with Gasteiger partial charge in [-0.2, -0.15) is 4.31 Å². The Morgan fingerprint density at radius 2 is 2.05 bits per heavy atom. The van der Waals surface area contributed by atoms with E-state index in [-0.39, 0.29) is 29.9 Å². The van der Waals surface area contributed by atoms with Gasteiger partial charge in [0.15, 0.2) is 0 Å². The average Bonchev–Trinajstić information content (AvgIpc) is 2.34. The Kier molecular flexibility index (Phi) is 5.52. The standard InChI is InChI=1S/C13H21N3O3S/c1-4-16(9-13(17)15-10(2)3)20(18,19)12-7-5-6-11(14)8-12/h5-8,10H,4,9,14H2,1-3H3,(H,15,17). The number of nitrogens with zero attached hydrogens (tertiary/aromatic N) is 1. The number of sulfonamides is 1. The molecule has 0 aliphatic carbocycles. The first-order valence-corrected chi connectivity index (χ1v) is 7.86. The second-order valence-corrected chi connectivity index (χ2v) is 6.66. The predicted molar refractivity (Wildman–Crippen MR) is 78.6 cm³/mol. The van der Waals surface area contributed by atoms with E-state index >= 15 is 0 Å². The van der Waals surface area contributed by atoms with Crippen LogP contribution in [0, 0.1) is 0 Å². The Morgan fingerprint density at radius 3 is 2.55 bits per heavy atom. The fourth-order valence-corrected chi connectivity index (χ4v) is 3.18. The Hall–Kier alpha value is -1.60. The Labute approximate surface area is 120 Å². The fraction of sp³-hybridized carbons (Fsp3) is 0.462. The molecular formula is C13H21N3O3S. The van der Waals surface area contributed by atoms with Crippen molar-refractivity contribution in [2.24, 2.45) is 0 Å². The van der Waals surface area contributed by atoms with E-state index in [9.17, 15) is 13.2 Å². The van der Waals surface area contributed by atoms with E-state index in [0.717, 1.165) is 4.31 Å². The third kappa shape index (κ3) is 4.21. The molecule has 0 radical (unpaired) electrons. The molecule has 0 heterocycles. The van der Waals surface area contributed by atoms with Crippen LogP contribution < -0.4 is 11.1 Å². The molecule has 1 amide bonds. The fourth-order valence-electron chi connectivity index (χ4n) is 1.72. The summed E-state index contributed by atoms with van der Waals surface area (Å²) in [6.07, 6.45) is 0. The molecule has 0 aliphatic heterocycles. The van der Waals surface area contributed by atoms with Gasteiger partial charge in [0.1, 0.15) is 0 Å². The molecule has 0 aliphatic rings. The number of amides is 1. The molecule has 0 fully saturated rings. The van der Waals surface area contributed by atoms with Crippen molar-refractivity contribution in [1.82, 2.24) is 9.62 Å². The summed E-state index contributed by atoms with van der Waals surface area (Å²) in [5.74, 6) is -0.325. The zero-order valence-corrected chi connectivity index (χ0v) is 12.8. The van der Waals surface area contributed by atoms with Gasteiger partial charge in [0.25, 0.3) is 0 Å². The number of nitrogens with one attached hydrogen (secondary N) is 1. The van der Waals surface area contributed by atoms with Crippen molar-refractivity contribution in [1.29, 1.82) is 0 Å². The molecule has 112 valence electrons. The summed E-state index contributed by atoms with van der Waals surface area (Å²) in [4.78, 5) is 11.8. The van der Waals surface area contributed by atoms with Gasteiger partial charge in [0.05, 0.1) is 11.4 Å². The van der Waals surface area contributed by atoms with E-state index < -0.39 is 10.0 Å². The minimum atomic E-state index is -3.71. The van der Waals surface area contributed by atoms with Gasteiger partial charge in [-0.3, -0.25) is 4.79 Å². The second kappa shape index (κ2) is 6.71. The second-order valence-electron chi connectivity index (χ2n) is 4.73. The van der Waals surface area contributed by atoms with Crippen molar-refractivity contribution in [3.8, 4) is 0 Å². The Morgan fingerprint density at radius 1 is 1.40 bits per heavy atom. The van der Waals surface area contributed by atoms with Crippen LogP contribution in [0.1, 0.15) is 20.8 Å². The third-order valence-electron chi connectivity index (χ3n) is 2.62. The number of nitrogen functional groups attached to an aromatic ring is 1. The van der Waals surface area contributed by atoms with E-state index in [1.807, 2.05) is 13.8 Å². The number of hydrogen-bond acceptors (Lipinski definition) is 4. The molecule has 20 heavy (non-hydrogen) atoms. The normalized spacial score (nSPS) is 11.8. The lowest BCUT2D eigenvalue weighted by atomic mass is 10.3. The Balaban J connectivity index is 2.96. The number of rotatable bonds is 6. The number of likely N-dealkylation sites (N-methyl/N-ethyl adjacent to an activating group) is 1. The molecular weight excluding hydrogens is 278 g/mol. The van der Waals surface area contributed by atoms with Crippen LogP contribution in [0.5, 0.6) is 0 Å². The SMILES string of the molecule is CCN(CC(=O)NC(C)C)S(=O)(=O)c1cccc(N)c1. The van der Waals surface area contributed by atoms with Gasteiger partial charge < -0.3 is 11.1 Å². The minimum Gasteiger partial charge on any atom is -0.399 e. The summed E-state index contributed by atoms with van der Waals surface area (Å²) in [7, 11) is -3.71. The summed E-state index contributed by atoms with van der Waals surface area (Å²) in [6.45, 7) is 5.34. The third-order valence-corrected chi connectivity index (χ3v) is 4.53. The van der Waals surface area contributed by atoms with E-state index in [1.54, 1.807) is 19.1 Å². The van der Waals surface area contributed by atoms with Gasteiger partial charge in [-0.05, 0) is 32.0 Å². The maximum atomic E-state index is 12.4. The molecule has 7 heteroatoms. The molecule has 0 aromatic heterocycles. The highest BCUT2D eigenvalue weighted by Crippen LogP contribution is 2.17. The van der Waals surface area contributed by atoms with Crippen LogP contribution in [-0.2, 0) is 14.8 Å².